The van der Waals surface area contributed by atoms with Crippen molar-refractivity contribution >= 4 is 11.6 Å². The van der Waals surface area contributed by atoms with Gasteiger partial charge in [-0.25, -0.2) is 4.39 Å². The fraction of sp³-hybridized carbons (Fsp3) is 0.632. The predicted molar refractivity (Wildman–Crippen MR) is 92.5 cm³/mol. The van der Waals surface area contributed by atoms with Crippen LogP contribution in [0.4, 0.5) is 10.1 Å². The molecule has 1 unspecified atom stereocenters. The summed E-state index contributed by atoms with van der Waals surface area (Å²) in [6, 6.07) is 6.76. The van der Waals surface area contributed by atoms with E-state index in [0.29, 0.717) is 12.3 Å². The van der Waals surface area contributed by atoms with Crippen molar-refractivity contribution in [3.8, 4) is 0 Å². The second-order valence-corrected chi connectivity index (χ2v) is 7.40. The lowest BCUT2D eigenvalue weighted by Gasteiger charge is -2.61. The van der Waals surface area contributed by atoms with Crippen LogP contribution in [-0.4, -0.2) is 49.2 Å². The quantitative estimate of drug-likeness (QED) is 0.848. The number of methoxy groups -OCH3 is 1. The number of benzene rings is 1. The van der Waals surface area contributed by atoms with Gasteiger partial charge in [-0.15, -0.1) is 0 Å². The highest BCUT2D eigenvalue weighted by Crippen LogP contribution is 2.44. The summed E-state index contributed by atoms with van der Waals surface area (Å²) in [5.74, 6) is 0.408. The van der Waals surface area contributed by atoms with Crippen LogP contribution in [0.1, 0.15) is 33.1 Å². The van der Waals surface area contributed by atoms with Crippen LogP contribution in [0.2, 0.25) is 0 Å². The number of rotatable bonds is 4. The SMILES string of the molecule is COC1CN(c2cccc(F)c2)C12CCN(C(=O)CC(C)C)CC2. The van der Waals surface area contributed by atoms with Crippen molar-refractivity contribution in [2.24, 2.45) is 5.92 Å². The zero-order valence-corrected chi connectivity index (χ0v) is 14.8. The molecule has 1 atom stereocenters. The van der Waals surface area contributed by atoms with Gasteiger partial charge in [0.05, 0.1) is 11.6 Å². The minimum absolute atomic E-state index is 0.114. The number of halogens is 1. The molecule has 0 bridgehead atoms. The average Bonchev–Trinajstić information content (AvgIpc) is 2.54. The Bertz CT molecular complexity index is 597. The molecule has 1 aromatic rings. The van der Waals surface area contributed by atoms with Crippen LogP contribution >= 0.6 is 0 Å². The highest BCUT2D eigenvalue weighted by atomic mass is 19.1. The number of amides is 1. The monoisotopic (exact) mass is 334 g/mol. The number of likely N-dealkylation sites (tertiary alicyclic amines) is 1. The van der Waals surface area contributed by atoms with Crippen LogP contribution in [0.5, 0.6) is 0 Å². The van der Waals surface area contributed by atoms with Gasteiger partial charge in [0.1, 0.15) is 5.82 Å². The largest absolute Gasteiger partial charge is 0.377 e. The number of carbonyl (C=O) groups is 1. The van der Waals surface area contributed by atoms with Gasteiger partial charge < -0.3 is 14.5 Å². The normalized spacial score (nSPS) is 22.8. The molecule has 0 aromatic heterocycles. The third kappa shape index (κ3) is 3.02. The first kappa shape index (κ1) is 17.2. The van der Waals surface area contributed by atoms with Crippen molar-refractivity contribution in [1.82, 2.24) is 4.90 Å². The van der Waals surface area contributed by atoms with Gasteiger partial charge in [0.2, 0.25) is 5.91 Å². The molecule has 1 spiro atoms. The van der Waals surface area contributed by atoms with E-state index < -0.39 is 0 Å². The molecule has 0 N–H and O–H groups in total. The summed E-state index contributed by atoms with van der Waals surface area (Å²) in [5, 5.41) is 0. The Labute approximate surface area is 143 Å². The highest BCUT2D eigenvalue weighted by Gasteiger charge is 2.55. The van der Waals surface area contributed by atoms with E-state index in [2.05, 4.69) is 18.7 Å². The van der Waals surface area contributed by atoms with E-state index in [1.54, 1.807) is 19.2 Å². The molecule has 3 rings (SSSR count). The van der Waals surface area contributed by atoms with Crippen LogP contribution in [0.15, 0.2) is 24.3 Å². The second kappa shape index (κ2) is 6.71. The minimum atomic E-state index is -0.215. The number of anilines is 1. The summed E-state index contributed by atoms with van der Waals surface area (Å²) in [5.41, 5.74) is 0.794. The Morgan fingerprint density at radius 1 is 1.38 bits per heavy atom. The molecule has 4 nitrogen and oxygen atoms in total. The summed E-state index contributed by atoms with van der Waals surface area (Å²) in [6.07, 6.45) is 2.48. The number of piperidine rings is 1. The summed E-state index contributed by atoms with van der Waals surface area (Å²) in [6.45, 7) is 6.41. The van der Waals surface area contributed by atoms with Gasteiger partial charge in [-0.2, -0.15) is 0 Å². The van der Waals surface area contributed by atoms with Crippen molar-refractivity contribution in [1.29, 1.82) is 0 Å². The smallest absolute Gasteiger partial charge is 0.222 e. The zero-order chi connectivity index (χ0) is 17.3. The van der Waals surface area contributed by atoms with Crippen LogP contribution in [0.25, 0.3) is 0 Å². The number of hydrogen-bond acceptors (Lipinski definition) is 3. The number of nitrogens with zero attached hydrogens (tertiary/aromatic N) is 2. The second-order valence-electron chi connectivity index (χ2n) is 7.40. The van der Waals surface area contributed by atoms with Gasteiger partial charge in [0.15, 0.2) is 0 Å². The Morgan fingerprint density at radius 2 is 2.08 bits per heavy atom. The van der Waals surface area contributed by atoms with Gasteiger partial charge in [-0.3, -0.25) is 4.79 Å². The van der Waals surface area contributed by atoms with Gasteiger partial charge in [-0.05, 0) is 37.0 Å². The van der Waals surface area contributed by atoms with Crippen molar-refractivity contribution in [2.45, 2.75) is 44.8 Å². The van der Waals surface area contributed by atoms with Crippen molar-refractivity contribution in [3.63, 3.8) is 0 Å². The van der Waals surface area contributed by atoms with E-state index in [1.807, 2.05) is 11.0 Å². The molecular weight excluding hydrogens is 307 g/mol. The summed E-state index contributed by atoms with van der Waals surface area (Å²) < 4.78 is 19.3. The molecule has 2 saturated heterocycles. The van der Waals surface area contributed by atoms with Crippen LogP contribution in [0, 0.1) is 11.7 Å². The lowest BCUT2D eigenvalue weighted by Crippen LogP contribution is -2.74. The van der Waals surface area contributed by atoms with Crippen LogP contribution < -0.4 is 4.90 Å². The van der Waals surface area contributed by atoms with Crippen molar-refractivity contribution in [3.05, 3.63) is 30.1 Å². The van der Waals surface area contributed by atoms with Gasteiger partial charge in [-0.1, -0.05) is 19.9 Å². The third-order valence-electron chi connectivity index (χ3n) is 5.45. The van der Waals surface area contributed by atoms with Crippen LogP contribution in [-0.2, 0) is 9.53 Å². The maximum atomic E-state index is 13.6. The van der Waals surface area contributed by atoms with Gasteiger partial charge >= 0.3 is 0 Å². The zero-order valence-electron chi connectivity index (χ0n) is 14.8. The molecule has 1 amide bonds. The maximum absolute atomic E-state index is 13.6. The van der Waals surface area contributed by atoms with E-state index in [1.165, 1.54) is 6.07 Å². The first-order valence-corrected chi connectivity index (χ1v) is 8.80. The van der Waals surface area contributed by atoms with Gasteiger partial charge in [0.25, 0.3) is 0 Å². The summed E-state index contributed by atoms with van der Waals surface area (Å²) in [4.78, 5) is 16.5. The standard InChI is InChI=1S/C19H27FN2O2/c1-14(2)11-18(23)21-9-7-19(8-10-21)17(24-3)13-22(19)16-6-4-5-15(20)12-16/h4-6,12,14,17H,7-11,13H2,1-3H3. The first-order chi connectivity index (χ1) is 11.5. The summed E-state index contributed by atoms with van der Waals surface area (Å²) >= 11 is 0. The van der Waals surface area contributed by atoms with Gasteiger partial charge in [0, 0.05) is 38.9 Å². The highest BCUT2D eigenvalue weighted by molar-refractivity contribution is 5.76. The lowest BCUT2D eigenvalue weighted by molar-refractivity contribution is -0.135. The van der Waals surface area contributed by atoms with E-state index in [-0.39, 0.29) is 23.4 Å². The topological polar surface area (TPSA) is 32.8 Å². The van der Waals surface area contributed by atoms with E-state index in [9.17, 15) is 9.18 Å². The molecule has 0 radical (unpaired) electrons. The Morgan fingerprint density at radius 3 is 2.67 bits per heavy atom. The fourth-order valence-electron chi connectivity index (χ4n) is 4.09. The summed E-state index contributed by atoms with van der Waals surface area (Å²) in [7, 11) is 1.74. The predicted octanol–water partition coefficient (Wildman–Crippen LogP) is 3.07. The molecule has 2 aliphatic heterocycles. The van der Waals surface area contributed by atoms with Crippen molar-refractivity contribution in [2.75, 3.05) is 31.6 Å². The fourth-order valence-corrected chi connectivity index (χ4v) is 4.09. The molecule has 132 valence electrons. The Balaban J connectivity index is 1.72. The maximum Gasteiger partial charge on any atom is 0.222 e. The van der Waals surface area contributed by atoms with E-state index in [4.69, 9.17) is 4.74 Å². The third-order valence-corrected chi connectivity index (χ3v) is 5.45. The Hall–Kier alpha value is -1.62. The molecule has 2 heterocycles. The molecular formula is C19H27FN2O2. The van der Waals surface area contributed by atoms with Crippen molar-refractivity contribution < 1.29 is 13.9 Å². The molecule has 2 aliphatic rings. The molecule has 5 heteroatoms. The average molecular weight is 334 g/mol. The number of carbonyl (C=O) groups excluding carboxylic acids is 1. The molecule has 0 saturated carbocycles. The Kier molecular flexibility index (Phi) is 4.81. The van der Waals surface area contributed by atoms with E-state index >= 15 is 0 Å². The number of ether oxygens (including phenoxy) is 1. The molecule has 1 aromatic carbocycles. The number of hydrogen-bond donors (Lipinski definition) is 0. The molecule has 24 heavy (non-hydrogen) atoms. The van der Waals surface area contributed by atoms with Crippen LogP contribution in [0.3, 0.4) is 0 Å². The first-order valence-electron chi connectivity index (χ1n) is 8.80. The lowest BCUT2D eigenvalue weighted by atomic mass is 9.73. The minimum Gasteiger partial charge on any atom is -0.377 e. The molecule has 2 fully saturated rings. The van der Waals surface area contributed by atoms with E-state index in [0.717, 1.165) is 38.2 Å². The molecule has 0 aliphatic carbocycles.